The number of hydrogen-bond acceptors (Lipinski definition) is 1. The first-order valence-corrected chi connectivity index (χ1v) is 14.4. The fourth-order valence-corrected chi connectivity index (χ4v) is 8.97. The summed E-state index contributed by atoms with van der Waals surface area (Å²) in [5.41, 5.74) is 1.35. The summed E-state index contributed by atoms with van der Waals surface area (Å²) in [6, 6.07) is 44.4. The van der Waals surface area contributed by atoms with Crippen molar-refractivity contribution in [3.05, 3.63) is 156 Å². The van der Waals surface area contributed by atoms with Gasteiger partial charge in [-0.1, -0.05) is 78.9 Å². The van der Waals surface area contributed by atoms with Crippen molar-refractivity contribution in [1.82, 2.24) is 0 Å². The molecule has 0 amide bonds. The lowest BCUT2D eigenvalue weighted by Crippen LogP contribution is -2.32. The van der Waals surface area contributed by atoms with Gasteiger partial charge in [0.1, 0.15) is 35.5 Å². The lowest BCUT2D eigenvalue weighted by atomic mass is 10.1. The summed E-state index contributed by atoms with van der Waals surface area (Å²) in [6.07, 6.45) is -3.84. The van der Waals surface area contributed by atoms with Gasteiger partial charge in [-0.15, -0.1) is 12.4 Å². The summed E-state index contributed by atoms with van der Waals surface area (Å²) >= 11 is 0. The van der Waals surface area contributed by atoms with E-state index in [1.54, 1.807) is 6.07 Å². The van der Waals surface area contributed by atoms with Gasteiger partial charge in [-0.05, 0) is 71.8 Å². The van der Waals surface area contributed by atoms with Gasteiger partial charge in [0, 0.05) is 0 Å². The van der Waals surface area contributed by atoms with Crippen molar-refractivity contribution >= 4 is 35.6 Å². The predicted molar refractivity (Wildman–Crippen MR) is 158 cm³/mol. The zero-order valence-electron chi connectivity index (χ0n) is 21.1. The molecule has 198 valence electrons. The van der Waals surface area contributed by atoms with E-state index in [1.807, 2.05) is 66.7 Å². The van der Waals surface area contributed by atoms with Crippen LogP contribution in [0, 0.1) is 0 Å². The van der Waals surface area contributed by atoms with Gasteiger partial charge in [-0.25, -0.2) is 0 Å². The summed E-state index contributed by atoms with van der Waals surface area (Å²) in [5, 5.41) is 3.46. The lowest BCUT2D eigenvalue weighted by molar-refractivity contribution is -0.137. The molecule has 0 fully saturated rings. The Balaban J connectivity index is 0.000000332. The first-order chi connectivity index (χ1) is 18.4. The third-order valence-electron chi connectivity index (χ3n) is 6.59. The lowest BCUT2D eigenvalue weighted by Gasteiger charge is -2.28. The Kier molecular flexibility index (Phi) is 9.12. The van der Waals surface area contributed by atoms with Gasteiger partial charge in [-0.3, -0.25) is 0 Å². The molecule has 0 unspecified atom stereocenters. The van der Waals surface area contributed by atoms with Crippen molar-refractivity contribution < 1.29 is 17.9 Å². The van der Waals surface area contributed by atoms with Crippen molar-refractivity contribution in [3.63, 3.8) is 0 Å². The Morgan fingerprint density at radius 1 is 0.590 bits per heavy atom. The molecule has 2 aliphatic heterocycles. The Bertz CT molecular complexity index is 1340. The number of benzene rings is 5. The van der Waals surface area contributed by atoms with Crippen LogP contribution in [-0.2, 0) is 18.9 Å². The van der Waals surface area contributed by atoms with Crippen LogP contribution >= 0.6 is 19.7 Å². The maximum Gasteiger partial charge on any atom is 0.416 e. The molecule has 0 radical (unpaired) electrons. The smallest absolute Gasteiger partial charge is 0.416 e. The highest BCUT2D eigenvalue weighted by Gasteiger charge is 2.45. The molecule has 0 saturated heterocycles. The van der Waals surface area contributed by atoms with Gasteiger partial charge < -0.3 is 4.74 Å². The normalized spacial score (nSPS) is 12.0. The highest BCUT2D eigenvalue weighted by Crippen LogP contribution is 2.58. The molecule has 0 atom stereocenters. The molecule has 0 aromatic heterocycles. The molecule has 2 heterocycles. The van der Waals surface area contributed by atoms with Gasteiger partial charge in [-0.2, -0.15) is 13.2 Å². The van der Waals surface area contributed by atoms with Crippen molar-refractivity contribution in [1.29, 1.82) is 0 Å². The molecule has 0 aliphatic carbocycles. The second-order valence-electron chi connectivity index (χ2n) is 9.11. The molecular weight excluding hydrogens is 536 g/mol. The van der Waals surface area contributed by atoms with E-state index < -0.39 is 19.0 Å². The van der Waals surface area contributed by atoms with Crippen LogP contribution in [0.3, 0.4) is 0 Å². The van der Waals surface area contributed by atoms with E-state index in [1.165, 1.54) is 17.7 Å². The number of halogens is 4. The number of rotatable bonds is 5. The molecule has 0 N–H and O–H groups in total. The van der Waals surface area contributed by atoms with E-state index in [0.29, 0.717) is 11.7 Å². The largest absolute Gasteiger partial charge is 0.489 e. The highest BCUT2D eigenvalue weighted by atomic mass is 35.5. The van der Waals surface area contributed by atoms with E-state index in [0.717, 1.165) is 34.3 Å². The second-order valence-corrected chi connectivity index (χ2v) is 12.6. The first kappa shape index (κ1) is 28.4. The third kappa shape index (κ3) is 6.53. The van der Waals surface area contributed by atoms with Crippen molar-refractivity contribution in [2.45, 2.75) is 18.9 Å². The molecule has 5 aromatic carbocycles. The van der Waals surface area contributed by atoms with Gasteiger partial charge in [0.05, 0.1) is 11.7 Å². The zero-order chi connectivity index (χ0) is 26.4. The monoisotopic (exact) mass is 563 g/mol. The maximum absolute atomic E-state index is 13.4. The molecular formula is C33H28ClF3OP+. The van der Waals surface area contributed by atoms with Crippen LogP contribution in [0.4, 0.5) is 13.2 Å². The quantitative estimate of drug-likeness (QED) is 0.196. The molecule has 2 aliphatic rings. The van der Waals surface area contributed by atoms with Crippen molar-refractivity contribution in [3.8, 4) is 5.75 Å². The molecule has 6 heteroatoms. The summed E-state index contributed by atoms with van der Waals surface area (Å²) in [7, 11) is -2.21. The number of fused-ring (bicyclic) bond motifs is 3. The molecule has 7 rings (SSSR count). The summed E-state index contributed by atoms with van der Waals surface area (Å²) in [5.74, 6) is 0.986. The average Bonchev–Trinajstić information content (AvgIpc) is 2.98. The van der Waals surface area contributed by atoms with Gasteiger partial charge in [0.15, 0.2) is 0 Å². The summed E-state index contributed by atoms with van der Waals surface area (Å²) < 4.78 is 45.3. The standard InChI is InChI=1S/C26H21F3P.C7H6O.ClH/c27-26(28,29)22-12-10-11-21(19-22)20-30(23-13-4-1-5-14-23,24-15-6-2-7-16-24)25-17-8-3-9-18-25;1-3-7-4-2-6(1)5-8-7;/h1-19H,20H2;1-4H,5H2;1H/q+1;;. The van der Waals surface area contributed by atoms with Gasteiger partial charge in [0.25, 0.3) is 0 Å². The van der Waals surface area contributed by atoms with E-state index in [9.17, 15) is 13.2 Å². The summed E-state index contributed by atoms with van der Waals surface area (Å²) in [6.45, 7) is 0.766. The molecule has 39 heavy (non-hydrogen) atoms. The van der Waals surface area contributed by atoms with E-state index >= 15 is 0 Å². The molecule has 5 aromatic rings. The van der Waals surface area contributed by atoms with Crippen LogP contribution < -0.4 is 20.7 Å². The third-order valence-corrected chi connectivity index (χ3v) is 11.0. The Morgan fingerprint density at radius 3 is 1.41 bits per heavy atom. The van der Waals surface area contributed by atoms with E-state index in [4.69, 9.17) is 4.74 Å². The van der Waals surface area contributed by atoms with Gasteiger partial charge >= 0.3 is 6.18 Å². The topological polar surface area (TPSA) is 9.23 Å². The Morgan fingerprint density at radius 2 is 1.08 bits per heavy atom. The highest BCUT2D eigenvalue weighted by molar-refractivity contribution is 7.95. The van der Waals surface area contributed by atoms with E-state index in [-0.39, 0.29) is 12.4 Å². The van der Waals surface area contributed by atoms with Crippen LogP contribution in [0.1, 0.15) is 16.7 Å². The minimum Gasteiger partial charge on any atom is -0.489 e. The number of alkyl halides is 3. The van der Waals surface area contributed by atoms with Crippen molar-refractivity contribution in [2.75, 3.05) is 0 Å². The molecule has 0 spiro atoms. The van der Waals surface area contributed by atoms with Crippen LogP contribution in [0.5, 0.6) is 5.75 Å². The van der Waals surface area contributed by atoms with E-state index in [2.05, 4.69) is 48.5 Å². The second kappa shape index (κ2) is 12.5. The Hall–Kier alpha value is -3.59. The fourth-order valence-electron chi connectivity index (χ4n) is 4.74. The van der Waals surface area contributed by atoms with Crippen LogP contribution in [0.15, 0.2) is 140 Å². The summed E-state index contributed by atoms with van der Waals surface area (Å²) in [4.78, 5) is 0. The minimum atomic E-state index is -4.36. The SMILES string of the molecule is Cl.FC(F)(F)c1cccc(C[P+](c2ccccc2)(c2ccccc2)c2ccccc2)c1.c1cc2ccc1CO2. The van der Waals surface area contributed by atoms with Crippen LogP contribution in [0.2, 0.25) is 0 Å². The molecule has 2 bridgehead atoms. The predicted octanol–water partition coefficient (Wildman–Crippen LogP) is 8.20. The van der Waals surface area contributed by atoms with Gasteiger partial charge in [0.2, 0.25) is 0 Å². The number of ether oxygens (including phenoxy) is 1. The van der Waals surface area contributed by atoms with Crippen LogP contribution in [0.25, 0.3) is 0 Å². The maximum atomic E-state index is 13.4. The average molecular weight is 564 g/mol. The molecule has 1 nitrogen and oxygen atoms in total. The van der Waals surface area contributed by atoms with Crippen molar-refractivity contribution in [2.24, 2.45) is 0 Å². The molecule has 0 saturated carbocycles. The fraction of sp³-hybridized carbons (Fsp3) is 0.0909. The van der Waals surface area contributed by atoms with Crippen LogP contribution in [-0.4, -0.2) is 0 Å². The Labute approximate surface area is 234 Å². The minimum absolute atomic E-state index is 0. The zero-order valence-corrected chi connectivity index (χ0v) is 22.8. The number of hydrogen-bond donors (Lipinski definition) is 0. The first-order valence-electron chi connectivity index (χ1n) is 12.4.